The molecule has 0 radical (unpaired) electrons. The van der Waals surface area contributed by atoms with E-state index in [4.69, 9.17) is 0 Å². The third-order valence-corrected chi connectivity index (χ3v) is 2.82. The van der Waals surface area contributed by atoms with Crippen molar-refractivity contribution in [3.8, 4) is 0 Å². The molecule has 1 amide bonds. The van der Waals surface area contributed by atoms with Crippen molar-refractivity contribution in [2.45, 2.75) is 19.9 Å². The van der Waals surface area contributed by atoms with Crippen molar-refractivity contribution in [1.29, 1.82) is 0 Å². The molecule has 0 saturated carbocycles. The lowest BCUT2D eigenvalue weighted by Crippen LogP contribution is -2.25. The number of hydrogen-bond donors (Lipinski definition) is 2. The maximum atomic E-state index is 12.8. The first-order valence-corrected chi connectivity index (χ1v) is 6.77. The molecule has 21 heavy (non-hydrogen) atoms. The minimum Gasteiger partial charge on any atom is -0.366 e. The lowest BCUT2D eigenvalue weighted by molar-refractivity contribution is 0.0948. The zero-order valence-electron chi connectivity index (χ0n) is 11.8. The number of carbonyl (C=O) groups excluding carboxylic acids is 1. The largest absolute Gasteiger partial charge is 0.366 e. The lowest BCUT2D eigenvalue weighted by Gasteiger charge is -2.07. The average molecular weight is 288 g/mol. The van der Waals surface area contributed by atoms with E-state index in [0.29, 0.717) is 24.6 Å². The number of halogens is 1. The Morgan fingerprint density at radius 3 is 2.71 bits per heavy atom. The fraction of sp³-hybridized carbons (Fsp3) is 0.267. The van der Waals surface area contributed by atoms with Gasteiger partial charge in [-0.15, -0.1) is 0 Å². The highest BCUT2D eigenvalue weighted by Gasteiger charge is 2.07. The van der Waals surface area contributed by atoms with Crippen molar-refractivity contribution >= 4 is 11.7 Å². The van der Waals surface area contributed by atoms with E-state index >= 15 is 0 Å². The van der Waals surface area contributed by atoms with E-state index in [1.165, 1.54) is 18.5 Å². The van der Waals surface area contributed by atoms with Gasteiger partial charge in [-0.1, -0.05) is 19.1 Å². The predicted molar refractivity (Wildman–Crippen MR) is 78.4 cm³/mol. The second-order valence-electron chi connectivity index (χ2n) is 4.52. The number of rotatable bonds is 6. The van der Waals surface area contributed by atoms with Crippen molar-refractivity contribution in [3.63, 3.8) is 0 Å². The van der Waals surface area contributed by atoms with Gasteiger partial charge >= 0.3 is 0 Å². The summed E-state index contributed by atoms with van der Waals surface area (Å²) in [6.07, 6.45) is 2.21. The van der Waals surface area contributed by atoms with Crippen LogP contribution < -0.4 is 10.6 Å². The van der Waals surface area contributed by atoms with Crippen LogP contribution in [0.2, 0.25) is 0 Å². The van der Waals surface area contributed by atoms with Gasteiger partial charge in [0.1, 0.15) is 23.7 Å². The van der Waals surface area contributed by atoms with E-state index in [-0.39, 0.29) is 11.7 Å². The summed E-state index contributed by atoms with van der Waals surface area (Å²) in [5.74, 6) is 0.0655. The molecule has 0 saturated heterocycles. The molecule has 2 aromatic rings. The smallest absolute Gasteiger partial charge is 0.270 e. The third kappa shape index (κ3) is 4.52. The van der Waals surface area contributed by atoms with Gasteiger partial charge in [0.15, 0.2) is 0 Å². The molecule has 1 heterocycles. The molecule has 1 aromatic heterocycles. The molecule has 0 spiro atoms. The molecule has 2 N–H and O–H groups in total. The van der Waals surface area contributed by atoms with Gasteiger partial charge in [-0.2, -0.15) is 0 Å². The first kappa shape index (κ1) is 14.9. The van der Waals surface area contributed by atoms with E-state index in [1.807, 2.05) is 6.92 Å². The number of amides is 1. The number of anilines is 1. The molecular formula is C15H17FN4O. The topological polar surface area (TPSA) is 66.9 Å². The summed E-state index contributed by atoms with van der Waals surface area (Å²) in [6.45, 7) is 3.09. The SMILES string of the molecule is CCCNC(=O)c1cc(NCc2ccc(F)cc2)ncn1. The summed E-state index contributed by atoms with van der Waals surface area (Å²) in [4.78, 5) is 19.8. The van der Waals surface area contributed by atoms with Crippen LogP contribution in [0.25, 0.3) is 0 Å². The van der Waals surface area contributed by atoms with Crippen LogP contribution in [-0.4, -0.2) is 22.4 Å². The summed E-state index contributed by atoms with van der Waals surface area (Å²) in [7, 11) is 0. The van der Waals surface area contributed by atoms with Crippen molar-refractivity contribution in [2.75, 3.05) is 11.9 Å². The molecule has 0 bridgehead atoms. The average Bonchev–Trinajstić information content (AvgIpc) is 2.52. The van der Waals surface area contributed by atoms with E-state index in [9.17, 15) is 9.18 Å². The van der Waals surface area contributed by atoms with E-state index in [0.717, 1.165) is 12.0 Å². The molecule has 0 unspecified atom stereocenters. The summed E-state index contributed by atoms with van der Waals surface area (Å²) in [6, 6.07) is 7.78. The van der Waals surface area contributed by atoms with Gasteiger partial charge in [0.2, 0.25) is 0 Å². The lowest BCUT2D eigenvalue weighted by atomic mass is 10.2. The Morgan fingerprint density at radius 1 is 1.24 bits per heavy atom. The van der Waals surface area contributed by atoms with Crippen molar-refractivity contribution in [2.24, 2.45) is 0 Å². The Kier molecular flexibility index (Phi) is 5.20. The van der Waals surface area contributed by atoms with Gasteiger partial charge < -0.3 is 10.6 Å². The van der Waals surface area contributed by atoms with Gasteiger partial charge in [-0.25, -0.2) is 14.4 Å². The Morgan fingerprint density at radius 2 is 2.00 bits per heavy atom. The van der Waals surface area contributed by atoms with Crippen molar-refractivity contribution in [3.05, 3.63) is 53.7 Å². The van der Waals surface area contributed by atoms with Gasteiger partial charge in [0, 0.05) is 19.2 Å². The Labute approximate surface area is 122 Å². The van der Waals surface area contributed by atoms with Crippen LogP contribution in [0, 0.1) is 5.82 Å². The number of nitrogens with zero attached hydrogens (tertiary/aromatic N) is 2. The van der Waals surface area contributed by atoms with E-state index in [2.05, 4.69) is 20.6 Å². The van der Waals surface area contributed by atoms with E-state index in [1.54, 1.807) is 18.2 Å². The van der Waals surface area contributed by atoms with Gasteiger partial charge in [-0.3, -0.25) is 4.79 Å². The number of benzene rings is 1. The number of carbonyl (C=O) groups is 1. The second kappa shape index (κ2) is 7.33. The normalized spacial score (nSPS) is 10.2. The van der Waals surface area contributed by atoms with Crippen LogP contribution in [0.5, 0.6) is 0 Å². The minimum atomic E-state index is -0.268. The highest BCUT2D eigenvalue weighted by molar-refractivity contribution is 5.92. The van der Waals surface area contributed by atoms with E-state index < -0.39 is 0 Å². The van der Waals surface area contributed by atoms with Crippen LogP contribution in [-0.2, 0) is 6.54 Å². The Balaban J connectivity index is 1.97. The standard InChI is InChI=1S/C15H17FN4O/c1-2-7-17-15(21)13-8-14(20-10-19-13)18-9-11-3-5-12(16)6-4-11/h3-6,8,10H,2,7,9H2,1H3,(H,17,21)(H,18,19,20). The first-order chi connectivity index (χ1) is 10.2. The van der Waals surface area contributed by atoms with Gasteiger partial charge in [0.05, 0.1) is 0 Å². The molecule has 6 heteroatoms. The summed E-state index contributed by atoms with van der Waals surface area (Å²) in [5, 5.41) is 5.84. The molecule has 1 aromatic carbocycles. The number of nitrogens with one attached hydrogen (secondary N) is 2. The Hall–Kier alpha value is -2.50. The highest BCUT2D eigenvalue weighted by atomic mass is 19.1. The predicted octanol–water partition coefficient (Wildman–Crippen LogP) is 2.37. The minimum absolute atomic E-state index is 0.218. The third-order valence-electron chi connectivity index (χ3n) is 2.82. The van der Waals surface area contributed by atoms with Crippen molar-refractivity contribution < 1.29 is 9.18 Å². The van der Waals surface area contributed by atoms with Crippen LogP contribution >= 0.6 is 0 Å². The number of aromatic nitrogens is 2. The van der Waals surface area contributed by atoms with Crippen LogP contribution in [0.1, 0.15) is 29.4 Å². The molecule has 0 aliphatic carbocycles. The maximum absolute atomic E-state index is 12.8. The zero-order chi connectivity index (χ0) is 15.1. The van der Waals surface area contributed by atoms with Crippen LogP contribution in [0.15, 0.2) is 36.7 Å². The number of hydrogen-bond acceptors (Lipinski definition) is 4. The fourth-order valence-electron chi connectivity index (χ4n) is 1.70. The fourth-order valence-corrected chi connectivity index (χ4v) is 1.70. The molecular weight excluding hydrogens is 271 g/mol. The monoisotopic (exact) mass is 288 g/mol. The first-order valence-electron chi connectivity index (χ1n) is 6.77. The Bertz CT molecular complexity index is 601. The molecule has 0 atom stereocenters. The molecule has 0 aliphatic heterocycles. The maximum Gasteiger partial charge on any atom is 0.270 e. The van der Waals surface area contributed by atoms with Crippen LogP contribution in [0.4, 0.5) is 10.2 Å². The van der Waals surface area contributed by atoms with Crippen LogP contribution in [0.3, 0.4) is 0 Å². The summed E-state index contributed by atoms with van der Waals surface area (Å²) < 4.78 is 12.8. The zero-order valence-corrected chi connectivity index (χ0v) is 11.8. The van der Waals surface area contributed by atoms with Gasteiger partial charge in [-0.05, 0) is 24.1 Å². The highest BCUT2D eigenvalue weighted by Crippen LogP contribution is 2.08. The molecule has 5 nitrogen and oxygen atoms in total. The quantitative estimate of drug-likeness (QED) is 0.856. The van der Waals surface area contributed by atoms with Gasteiger partial charge in [0.25, 0.3) is 5.91 Å². The molecule has 0 aliphatic rings. The second-order valence-corrected chi connectivity index (χ2v) is 4.52. The summed E-state index contributed by atoms with van der Waals surface area (Å²) >= 11 is 0. The van der Waals surface area contributed by atoms with Crippen molar-refractivity contribution in [1.82, 2.24) is 15.3 Å². The molecule has 110 valence electrons. The summed E-state index contributed by atoms with van der Waals surface area (Å²) in [5.41, 5.74) is 1.24. The molecule has 0 fully saturated rings. The molecule has 2 rings (SSSR count).